The van der Waals surface area contributed by atoms with Gasteiger partial charge in [0.1, 0.15) is 18.2 Å². The van der Waals surface area contributed by atoms with E-state index in [0.29, 0.717) is 49.6 Å². The molecule has 7 nitrogen and oxygen atoms in total. The Hall–Kier alpha value is -3.17. The van der Waals surface area contributed by atoms with Crippen LogP contribution in [0.15, 0.2) is 53.6 Å². The highest BCUT2D eigenvalue weighted by Gasteiger charge is 2.37. The monoisotopic (exact) mass is 524 g/mol. The molecule has 2 aliphatic heterocycles. The minimum atomic E-state index is -0.647. The van der Waals surface area contributed by atoms with Gasteiger partial charge in [-0.1, -0.05) is 43.2 Å². The van der Waals surface area contributed by atoms with Gasteiger partial charge in [0.05, 0.1) is 25.0 Å². The summed E-state index contributed by atoms with van der Waals surface area (Å²) in [5, 5.41) is 5.91. The number of carbonyl (C=O) groups excluding carboxylic acids is 2. The highest BCUT2D eigenvalue weighted by molar-refractivity contribution is 6.03. The molecule has 2 fully saturated rings. The second-order valence-electron chi connectivity index (χ2n) is 10.2. The quantitative estimate of drug-likeness (QED) is 0.524. The first-order chi connectivity index (χ1) is 18.5. The molecule has 5 rings (SSSR count). The van der Waals surface area contributed by atoms with E-state index in [2.05, 4.69) is 10.0 Å². The smallest absolute Gasteiger partial charge is 0.262 e. The van der Waals surface area contributed by atoms with Crippen LogP contribution in [0.3, 0.4) is 0 Å². The van der Waals surface area contributed by atoms with Crippen molar-refractivity contribution in [3.05, 3.63) is 71.3 Å². The van der Waals surface area contributed by atoms with Crippen LogP contribution in [0.25, 0.3) is 0 Å². The van der Waals surface area contributed by atoms with Gasteiger partial charge < -0.3 is 9.64 Å². The maximum Gasteiger partial charge on any atom is 0.262 e. The minimum absolute atomic E-state index is 0.00786. The molecule has 1 aliphatic carbocycles. The van der Waals surface area contributed by atoms with E-state index < -0.39 is 11.9 Å². The number of hydrazone groups is 1. The fourth-order valence-electron chi connectivity index (χ4n) is 5.57. The number of carbonyl (C=O) groups is 2. The zero-order valence-corrected chi connectivity index (χ0v) is 21.5. The summed E-state index contributed by atoms with van der Waals surface area (Å²) in [4.78, 5) is 31.1. The summed E-state index contributed by atoms with van der Waals surface area (Å²) in [6.07, 6.45) is 4.02. The number of amides is 2. The highest BCUT2D eigenvalue weighted by Crippen LogP contribution is 2.34. The van der Waals surface area contributed by atoms with Gasteiger partial charge in [0.2, 0.25) is 5.91 Å². The highest BCUT2D eigenvalue weighted by atomic mass is 19.1. The molecule has 1 atom stereocenters. The molecule has 2 heterocycles. The van der Waals surface area contributed by atoms with Crippen molar-refractivity contribution in [1.29, 1.82) is 0 Å². The van der Waals surface area contributed by atoms with Crippen molar-refractivity contribution < 1.29 is 23.1 Å². The van der Waals surface area contributed by atoms with Crippen molar-refractivity contribution in [3.63, 3.8) is 0 Å². The summed E-state index contributed by atoms with van der Waals surface area (Å²) in [6, 6.07) is 11.6. The Morgan fingerprint density at radius 3 is 2.42 bits per heavy atom. The van der Waals surface area contributed by atoms with E-state index in [0.717, 1.165) is 38.8 Å². The van der Waals surface area contributed by atoms with E-state index in [1.165, 1.54) is 23.2 Å². The van der Waals surface area contributed by atoms with Crippen LogP contribution in [0.5, 0.6) is 0 Å². The van der Waals surface area contributed by atoms with E-state index >= 15 is 0 Å². The van der Waals surface area contributed by atoms with Crippen molar-refractivity contribution in [2.75, 3.05) is 45.9 Å². The van der Waals surface area contributed by atoms with Gasteiger partial charge in [-0.05, 0) is 36.6 Å². The summed E-state index contributed by atoms with van der Waals surface area (Å²) in [5.74, 6) is -1.20. The largest absolute Gasteiger partial charge is 0.379 e. The third-order valence-electron chi connectivity index (χ3n) is 7.74. The fraction of sp³-hybridized carbons (Fsp3) is 0.483. The molecule has 2 aromatic carbocycles. The van der Waals surface area contributed by atoms with Crippen molar-refractivity contribution in [2.45, 2.75) is 38.1 Å². The molecule has 2 aromatic rings. The topological polar surface area (TPSA) is 65.5 Å². The summed E-state index contributed by atoms with van der Waals surface area (Å²) in [7, 11) is 0. The fourth-order valence-corrected chi connectivity index (χ4v) is 5.57. The lowest BCUT2D eigenvalue weighted by Crippen LogP contribution is -2.48. The average molecular weight is 525 g/mol. The van der Waals surface area contributed by atoms with Gasteiger partial charge in [0.15, 0.2) is 0 Å². The van der Waals surface area contributed by atoms with Crippen molar-refractivity contribution in [2.24, 2.45) is 11.0 Å². The maximum atomic E-state index is 14.9. The molecule has 9 heteroatoms. The van der Waals surface area contributed by atoms with E-state index in [1.54, 1.807) is 35.2 Å². The molecule has 0 radical (unpaired) electrons. The maximum absolute atomic E-state index is 14.9. The SMILES string of the molecule is O=C(C1CCCC1)N(CCN1CCOCC1)CC(=O)N1N=C(c2ccc(F)cc2)C[C@@H]1c1ccccc1F. The zero-order valence-electron chi connectivity index (χ0n) is 21.5. The molecule has 0 unspecified atom stereocenters. The number of halogens is 2. The molecule has 202 valence electrons. The Bertz CT molecular complexity index is 1160. The van der Waals surface area contributed by atoms with E-state index in [9.17, 15) is 18.4 Å². The molecule has 1 saturated carbocycles. The van der Waals surface area contributed by atoms with Gasteiger partial charge in [0.25, 0.3) is 5.91 Å². The molecule has 0 aromatic heterocycles. The van der Waals surface area contributed by atoms with Gasteiger partial charge in [-0.3, -0.25) is 14.5 Å². The van der Waals surface area contributed by atoms with Crippen LogP contribution in [0, 0.1) is 17.6 Å². The van der Waals surface area contributed by atoms with Crippen LogP contribution in [0.1, 0.15) is 49.3 Å². The van der Waals surface area contributed by atoms with Crippen molar-refractivity contribution >= 4 is 17.5 Å². The summed E-state index contributed by atoms with van der Waals surface area (Å²) in [6.45, 7) is 3.90. The molecule has 2 amide bonds. The molecular formula is C29H34F2N4O3. The molecule has 0 spiro atoms. The van der Waals surface area contributed by atoms with Crippen LogP contribution in [0.2, 0.25) is 0 Å². The Morgan fingerprint density at radius 2 is 1.71 bits per heavy atom. The number of hydrogen-bond acceptors (Lipinski definition) is 5. The number of morpholine rings is 1. The van der Waals surface area contributed by atoms with Crippen LogP contribution in [-0.2, 0) is 14.3 Å². The number of nitrogens with zero attached hydrogens (tertiary/aromatic N) is 4. The summed E-state index contributed by atoms with van der Waals surface area (Å²) >= 11 is 0. The Morgan fingerprint density at radius 1 is 1.00 bits per heavy atom. The molecule has 1 saturated heterocycles. The van der Waals surface area contributed by atoms with Crippen LogP contribution in [-0.4, -0.2) is 78.3 Å². The normalized spacial score (nSPS) is 20.5. The molecular weight excluding hydrogens is 490 g/mol. The Balaban J connectivity index is 1.38. The third kappa shape index (κ3) is 6.10. The Labute approximate surface area is 222 Å². The number of rotatable bonds is 8. The lowest BCUT2D eigenvalue weighted by molar-refractivity contribution is -0.144. The van der Waals surface area contributed by atoms with Gasteiger partial charge in [-0.2, -0.15) is 5.10 Å². The first-order valence-electron chi connectivity index (χ1n) is 13.5. The minimum Gasteiger partial charge on any atom is -0.379 e. The van der Waals surface area contributed by atoms with Gasteiger partial charge in [0, 0.05) is 44.1 Å². The average Bonchev–Trinajstić information content (AvgIpc) is 3.63. The van der Waals surface area contributed by atoms with Crippen LogP contribution in [0.4, 0.5) is 8.78 Å². The van der Waals surface area contributed by atoms with E-state index in [4.69, 9.17) is 4.74 Å². The van der Waals surface area contributed by atoms with Crippen LogP contribution >= 0.6 is 0 Å². The number of benzene rings is 2. The van der Waals surface area contributed by atoms with Crippen LogP contribution < -0.4 is 0 Å². The lowest BCUT2D eigenvalue weighted by Gasteiger charge is -2.32. The first-order valence-corrected chi connectivity index (χ1v) is 13.5. The van der Waals surface area contributed by atoms with E-state index in [-0.39, 0.29) is 30.1 Å². The molecule has 3 aliphatic rings. The van der Waals surface area contributed by atoms with Crippen molar-refractivity contribution in [1.82, 2.24) is 14.8 Å². The predicted molar refractivity (Wildman–Crippen MR) is 139 cm³/mol. The van der Waals surface area contributed by atoms with Gasteiger partial charge >= 0.3 is 0 Å². The second-order valence-corrected chi connectivity index (χ2v) is 10.2. The number of hydrogen-bond donors (Lipinski definition) is 0. The summed E-state index contributed by atoms with van der Waals surface area (Å²) in [5.41, 5.74) is 1.62. The third-order valence-corrected chi connectivity index (χ3v) is 7.74. The lowest BCUT2D eigenvalue weighted by atomic mass is 9.98. The van der Waals surface area contributed by atoms with Gasteiger partial charge in [-0.25, -0.2) is 13.8 Å². The first kappa shape index (κ1) is 26.4. The Kier molecular flexibility index (Phi) is 8.44. The molecule has 0 bridgehead atoms. The zero-order chi connectivity index (χ0) is 26.5. The van der Waals surface area contributed by atoms with Crippen molar-refractivity contribution in [3.8, 4) is 0 Å². The summed E-state index contributed by atoms with van der Waals surface area (Å²) < 4.78 is 33.8. The van der Waals surface area contributed by atoms with E-state index in [1.807, 2.05) is 0 Å². The van der Waals surface area contributed by atoms with Gasteiger partial charge in [-0.15, -0.1) is 0 Å². The number of ether oxygens (including phenoxy) is 1. The second kappa shape index (κ2) is 12.1. The predicted octanol–water partition coefficient (Wildman–Crippen LogP) is 3.99. The molecule has 0 N–H and O–H groups in total. The standard InChI is InChI=1S/C29H34F2N4O3/c30-23-11-9-21(10-12-23)26-19-27(24-7-3-4-8-25(24)31)35(32-26)28(36)20-34(29(37)22-5-1-2-6-22)14-13-33-15-17-38-18-16-33/h3-4,7-12,22,27H,1-2,5-6,13-20H2/t27-/m1/s1. The molecule has 38 heavy (non-hydrogen) atoms.